The number of aromatic nitrogens is 7. The minimum atomic E-state index is -4.09. The Morgan fingerprint density at radius 1 is 1.11 bits per heavy atom. The number of methoxy groups -OCH3 is 2. The molecule has 3 atom stereocenters. The number of rotatable bonds is 10. The molecule has 13 nitrogen and oxygen atoms in total. The molecule has 0 radical (unpaired) electrons. The van der Waals surface area contributed by atoms with Gasteiger partial charge in [0.25, 0.3) is 0 Å². The number of nitrogens with zero attached hydrogens (tertiary/aromatic N) is 7. The number of hydrogen-bond acceptors (Lipinski definition) is 11. The van der Waals surface area contributed by atoms with Gasteiger partial charge in [-0.15, -0.1) is 10.2 Å². The first-order valence-electron chi connectivity index (χ1n) is 10.6. The lowest BCUT2D eigenvalue weighted by molar-refractivity contribution is 0.0950. The van der Waals surface area contributed by atoms with Crippen LogP contribution in [0.2, 0.25) is 5.02 Å². The van der Waals surface area contributed by atoms with Gasteiger partial charge < -0.3 is 14.0 Å². The molecule has 0 aliphatic rings. The Kier molecular flexibility index (Phi) is 7.47. The van der Waals surface area contributed by atoms with Gasteiger partial charge in [-0.1, -0.05) is 22.8 Å². The fourth-order valence-corrected chi connectivity index (χ4v) is 4.72. The zero-order chi connectivity index (χ0) is 25.9. The molecule has 0 aromatic carbocycles. The Bertz CT molecular complexity index is 1410. The molecule has 4 aromatic heterocycles. The highest BCUT2D eigenvalue weighted by Gasteiger charge is 2.35. The third-order valence-corrected chi connectivity index (χ3v) is 7.32. The zero-order valence-electron chi connectivity index (χ0n) is 19.7. The van der Waals surface area contributed by atoms with Crippen molar-refractivity contribution in [2.45, 2.75) is 31.2 Å². The van der Waals surface area contributed by atoms with Crippen molar-refractivity contribution in [1.29, 1.82) is 0 Å². The Hall–Kier alpha value is -3.62. The van der Waals surface area contributed by atoms with Crippen molar-refractivity contribution in [1.82, 2.24) is 34.9 Å². The highest BCUT2D eigenvalue weighted by Crippen LogP contribution is 2.30. The van der Waals surface area contributed by atoms with Crippen molar-refractivity contribution in [2.75, 3.05) is 18.9 Å². The van der Waals surface area contributed by atoms with Crippen LogP contribution in [0.3, 0.4) is 0 Å². The van der Waals surface area contributed by atoms with E-state index in [9.17, 15) is 8.42 Å². The van der Waals surface area contributed by atoms with Crippen LogP contribution in [0.1, 0.15) is 37.5 Å². The maximum Gasteiger partial charge on any atom is 0.240 e. The molecule has 4 heterocycles. The molecule has 190 valence electrons. The van der Waals surface area contributed by atoms with Crippen molar-refractivity contribution in [3.8, 4) is 17.4 Å². The summed E-state index contributed by atoms with van der Waals surface area (Å²) in [5.74, 6) is 0.763. The number of nitrogens with one attached hydrogen (secondary N) is 1. The van der Waals surface area contributed by atoms with Crippen molar-refractivity contribution in [3.05, 3.63) is 59.5 Å². The van der Waals surface area contributed by atoms with Crippen molar-refractivity contribution in [3.63, 3.8) is 0 Å². The van der Waals surface area contributed by atoms with Gasteiger partial charge in [0.2, 0.25) is 21.9 Å². The van der Waals surface area contributed by atoms with Gasteiger partial charge in [0.1, 0.15) is 29.0 Å². The van der Waals surface area contributed by atoms with E-state index in [2.05, 4.69) is 35.0 Å². The summed E-state index contributed by atoms with van der Waals surface area (Å²) in [4.78, 5) is 12.6. The zero-order valence-corrected chi connectivity index (χ0v) is 21.3. The molecule has 0 aliphatic carbocycles. The van der Waals surface area contributed by atoms with Gasteiger partial charge >= 0.3 is 0 Å². The predicted octanol–water partition coefficient (Wildman–Crippen LogP) is 2.91. The Morgan fingerprint density at radius 3 is 2.50 bits per heavy atom. The molecule has 0 bridgehead atoms. The average molecular weight is 535 g/mol. The summed E-state index contributed by atoms with van der Waals surface area (Å²) in [6.07, 6.45) is 3.17. The van der Waals surface area contributed by atoms with Crippen molar-refractivity contribution in [2.24, 2.45) is 0 Å². The first-order valence-corrected chi connectivity index (χ1v) is 12.6. The molecule has 0 saturated carbocycles. The van der Waals surface area contributed by atoms with Gasteiger partial charge in [0, 0.05) is 31.6 Å². The van der Waals surface area contributed by atoms with E-state index < -0.39 is 27.4 Å². The summed E-state index contributed by atoms with van der Waals surface area (Å²) in [5, 5.41) is 11.5. The van der Waals surface area contributed by atoms with E-state index in [1.807, 2.05) is 0 Å². The molecule has 0 fully saturated rings. The summed E-state index contributed by atoms with van der Waals surface area (Å²) in [6, 6.07) is 6.26. The smallest absolute Gasteiger partial charge is 0.240 e. The molecule has 4 aromatic rings. The summed E-state index contributed by atoms with van der Waals surface area (Å²) in [7, 11) is -1.23. The molecule has 4 rings (SSSR count). The maximum atomic E-state index is 13.4. The topological polar surface area (TPSA) is 160 Å². The summed E-state index contributed by atoms with van der Waals surface area (Å²) in [5.41, 5.74) is 0.941. The van der Waals surface area contributed by atoms with Crippen LogP contribution in [0.4, 0.5) is 5.95 Å². The van der Waals surface area contributed by atoms with Crippen LogP contribution in [0.5, 0.6) is 5.88 Å². The number of hydrogen-bond donors (Lipinski definition) is 1. The highest BCUT2D eigenvalue weighted by molar-refractivity contribution is 7.93. The average Bonchev–Trinajstić information content (AvgIpc) is 3.55. The molecule has 0 spiro atoms. The van der Waals surface area contributed by atoms with Crippen LogP contribution in [-0.4, -0.2) is 62.8 Å². The van der Waals surface area contributed by atoms with Crippen molar-refractivity contribution < 1.29 is 22.4 Å². The highest BCUT2D eigenvalue weighted by atomic mass is 35.5. The van der Waals surface area contributed by atoms with E-state index in [-0.39, 0.29) is 11.8 Å². The van der Waals surface area contributed by atoms with E-state index in [1.165, 1.54) is 39.8 Å². The second-order valence-corrected chi connectivity index (χ2v) is 10.1. The van der Waals surface area contributed by atoms with Crippen LogP contribution in [0.25, 0.3) is 11.5 Å². The molecule has 0 saturated heterocycles. The number of ether oxygens (including phenoxy) is 2. The molecule has 0 amide bonds. The van der Waals surface area contributed by atoms with Crippen molar-refractivity contribution >= 4 is 27.6 Å². The van der Waals surface area contributed by atoms with Gasteiger partial charge in [-0.3, -0.25) is 9.29 Å². The van der Waals surface area contributed by atoms with Gasteiger partial charge in [-0.05, 0) is 19.9 Å². The van der Waals surface area contributed by atoms with E-state index in [4.69, 9.17) is 25.6 Å². The SMILES string of the molecule is COc1cccc(-c2nnc(NS(=O)(=O)C(C)C(OC)c3ncc(Cl)cn3)n2C(C)c2ccon2)n1. The molecule has 3 unspecified atom stereocenters. The van der Waals surface area contributed by atoms with Crippen LogP contribution >= 0.6 is 11.6 Å². The van der Waals surface area contributed by atoms with Crippen LogP contribution < -0.4 is 9.46 Å². The first kappa shape index (κ1) is 25.5. The van der Waals surface area contributed by atoms with E-state index in [0.29, 0.717) is 28.1 Å². The maximum absolute atomic E-state index is 13.4. The van der Waals surface area contributed by atoms with Crippen LogP contribution in [0, 0.1) is 0 Å². The standard InChI is InChI=1S/C21H23ClN8O5S/c1-12(15-8-9-35-28-15)30-20(16-6-5-7-17(25-16)33-3)26-27-21(30)29-36(31,32)13(2)18(34-4)19-23-10-14(22)11-24-19/h5-13,18H,1-4H3,(H,27,29). The molecular formula is C21H23ClN8O5S. The van der Waals surface area contributed by atoms with E-state index in [1.54, 1.807) is 35.8 Å². The number of halogens is 1. The molecule has 36 heavy (non-hydrogen) atoms. The molecule has 1 N–H and O–H groups in total. The summed E-state index contributed by atoms with van der Waals surface area (Å²) < 4.78 is 46.6. The van der Waals surface area contributed by atoms with Gasteiger partial charge in [0.05, 0.1) is 18.2 Å². The second kappa shape index (κ2) is 10.6. The third-order valence-electron chi connectivity index (χ3n) is 5.43. The number of anilines is 1. The second-order valence-electron chi connectivity index (χ2n) is 7.65. The molecule has 0 aliphatic heterocycles. The lowest BCUT2D eigenvalue weighted by atomic mass is 10.2. The third kappa shape index (κ3) is 5.15. The number of sulfonamides is 1. The fraction of sp³-hybridized carbons (Fsp3) is 0.333. The molecular weight excluding hydrogens is 512 g/mol. The minimum absolute atomic E-state index is 0.0520. The van der Waals surface area contributed by atoms with Crippen LogP contribution in [-0.2, 0) is 14.8 Å². The van der Waals surface area contributed by atoms with E-state index in [0.717, 1.165) is 0 Å². The molecule has 15 heteroatoms. The Morgan fingerprint density at radius 2 is 1.86 bits per heavy atom. The van der Waals surface area contributed by atoms with Gasteiger partial charge in [0.15, 0.2) is 11.6 Å². The normalized spacial score (nSPS) is 14.2. The minimum Gasteiger partial charge on any atom is -0.481 e. The summed E-state index contributed by atoms with van der Waals surface area (Å²) in [6.45, 7) is 3.27. The first-order chi connectivity index (χ1) is 17.2. The monoisotopic (exact) mass is 534 g/mol. The van der Waals surface area contributed by atoms with Gasteiger partial charge in [-0.25, -0.2) is 23.4 Å². The quantitative estimate of drug-likeness (QED) is 0.318. The largest absolute Gasteiger partial charge is 0.481 e. The lowest BCUT2D eigenvalue weighted by Gasteiger charge is -2.23. The predicted molar refractivity (Wildman–Crippen MR) is 129 cm³/mol. The van der Waals surface area contributed by atoms with E-state index >= 15 is 0 Å². The van der Waals surface area contributed by atoms with Gasteiger partial charge in [-0.2, -0.15) is 0 Å². The Balaban J connectivity index is 1.73. The summed E-state index contributed by atoms with van der Waals surface area (Å²) >= 11 is 5.86. The lowest BCUT2D eigenvalue weighted by Crippen LogP contribution is -2.33. The number of pyridine rings is 1. The fourth-order valence-electron chi connectivity index (χ4n) is 3.48. The Labute approximate surface area is 211 Å². The van der Waals surface area contributed by atoms with Crippen LogP contribution in [0.15, 0.2) is 47.4 Å².